The van der Waals surface area contributed by atoms with Crippen molar-refractivity contribution in [3.63, 3.8) is 0 Å². The molecule has 0 saturated heterocycles. The van der Waals surface area contributed by atoms with E-state index in [9.17, 15) is 24.3 Å². The first-order valence-corrected chi connectivity index (χ1v) is 11.8. The number of nitrogens with one attached hydrogen (secondary N) is 1. The molecule has 8 nitrogen and oxygen atoms in total. The molecule has 1 heterocycles. The second-order valence-electron chi connectivity index (χ2n) is 9.55. The first-order chi connectivity index (χ1) is 17.6. The molecule has 1 aliphatic carbocycles. The van der Waals surface area contributed by atoms with Crippen molar-refractivity contribution >= 4 is 34.0 Å². The van der Waals surface area contributed by atoms with E-state index in [4.69, 9.17) is 9.47 Å². The van der Waals surface area contributed by atoms with Crippen LogP contribution < -0.4 is 14.8 Å². The summed E-state index contributed by atoms with van der Waals surface area (Å²) >= 11 is 0. The van der Waals surface area contributed by atoms with Crippen LogP contribution in [0.4, 0.5) is 0 Å². The molecule has 3 aromatic carbocycles. The number of methoxy groups -OCH3 is 1. The van der Waals surface area contributed by atoms with Crippen LogP contribution in [-0.2, 0) is 26.3 Å². The van der Waals surface area contributed by atoms with Gasteiger partial charge in [-0.15, -0.1) is 0 Å². The predicted molar refractivity (Wildman–Crippen MR) is 135 cm³/mol. The number of phenols is 1. The van der Waals surface area contributed by atoms with Crippen molar-refractivity contribution in [3.05, 3.63) is 76.6 Å². The molecule has 2 atom stereocenters. The number of hydrogen-bond acceptors (Lipinski definition) is 7. The van der Waals surface area contributed by atoms with Crippen molar-refractivity contribution in [2.24, 2.45) is 5.92 Å². The summed E-state index contributed by atoms with van der Waals surface area (Å²) in [4.78, 5) is 51.6. The van der Waals surface area contributed by atoms with Gasteiger partial charge < -0.3 is 19.9 Å². The van der Waals surface area contributed by atoms with Crippen LogP contribution in [0.5, 0.6) is 17.2 Å². The quantitative estimate of drug-likeness (QED) is 0.514. The number of phenolic OH excluding ortho intramolecular Hbond substituents is 1. The monoisotopic (exact) mass is 499 g/mol. The van der Waals surface area contributed by atoms with Crippen LogP contribution >= 0.6 is 0 Å². The molecular weight excluding hydrogens is 474 g/mol. The Morgan fingerprint density at radius 1 is 1.16 bits per heavy atom. The first kappa shape index (κ1) is 24.2. The lowest BCUT2D eigenvalue weighted by Gasteiger charge is -2.30. The number of ether oxygens (including phenoxy) is 2. The van der Waals surface area contributed by atoms with E-state index in [2.05, 4.69) is 11.4 Å². The van der Waals surface area contributed by atoms with Crippen LogP contribution in [0.15, 0.2) is 54.3 Å². The Morgan fingerprint density at radius 2 is 1.89 bits per heavy atom. The number of aryl methyl sites for hydroxylation is 1. The topological polar surface area (TPSA) is 119 Å². The van der Waals surface area contributed by atoms with Crippen LogP contribution in [0, 0.1) is 12.8 Å². The molecular formula is C29H25NO7. The van der Waals surface area contributed by atoms with E-state index in [1.54, 1.807) is 0 Å². The van der Waals surface area contributed by atoms with Crippen molar-refractivity contribution in [3.8, 4) is 17.2 Å². The third-order valence-corrected chi connectivity index (χ3v) is 7.13. The normalized spacial score (nSPS) is 20.1. The third kappa shape index (κ3) is 3.59. The molecule has 2 aliphatic rings. The third-order valence-electron chi connectivity index (χ3n) is 7.13. The molecule has 1 unspecified atom stereocenters. The average Bonchev–Trinajstić information content (AvgIpc) is 3.15. The number of fused-ring (bicyclic) bond motifs is 4. The van der Waals surface area contributed by atoms with E-state index in [1.807, 2.05) is 37.3 Å². The van der Waals surface area contributed by atoms with Gasteiger partial charge in [0.15, 0.2) is 17.3 Å². The molecule has 8 heteroatoms. The molecule has 188 valence electrons. The highest BCUT2D eigenvalue weighted by molar-refractivity contribution is 6.27. The van der Waals surface area contributed by atoms with E-state index in [0.29, 0.717) is 0 Å². The van der Waals surface area contributed by atoms with E-state index in [1.165, 1.54) is 27.0 Å². The molecule has 3 aromatic rings. The number of rotatable bonds is 5. The Bertz CT molecular complexity index is 1570. The number of carbonyl (C=O) groups is 4. The fourth-order valence-corrected chi connectivity index (χ4v) is 5.32. The van der Waals surface area contributed by atoms with Crippen LogP contribution in [0.3, 0.4) is 0 Å². The number of benzene rings is 3. The summed E-state index contributed by atoms with van der Waals surface area (Å²) in [7, 11) is 1.34. The Morgan fingerprint density at radius 3 is 2.59 bits per heavy atom. The molecule has 0 aromatic heterocycles. The summed E-state index contributed by atoms with van der Waals surface area (Å²) in [6, 6.07) is 13.1. The number of Topliss-reactive ketones (excluding diaryl/α,β-unsaturated/α-hetero) is 2. The molecule has 37 heavy (non-hydrogen) atoms. The van der Waals surface area contributed by atoms with E-state index in [-0.39, 0.29) is 40.7 Å². The average molecular weight is 500 g/mol. The number of aromatic hydroxyl groups is 1. The summed E-state index contributed by atoms with van der Waals surface area (Å²) < 4.78 is 11.3. The maximum Gasteiger partial charge on any atom is 0.259 e. The molecule has 0 spiro atoms. The molecule has 2 N–H and O–H groups in total. The second-order valence-corrected chi connectivity index (χ2v) is 9.55. The maximum atomic E-state index is 13.5. The van der Waals surface area contributed by atoms with Crippen LogP contribution in [0.1, 0.15) is 40.9 Å². The number of hydrogen-bond donors (Lipinski definition) is 2. The smallest absolute Gasteiger partial charge is 0.259 e. The van der Waals surface area contributed by atoms with Crippen molar-refractivity contribution in [1.82, 2.24) is 5.32 Å². The lowest BCUT2D eigenvalue weighted by Crippen LogP contribution is -2.47. The van der Waals surface area contributed by atoms with Crippen LogP contribution in [0.25, 0.3) is 10.8 Å². The van der Waals surface area contributed by atoms with Gasteiger partial charge in [-0.2, -0.15) is 0 Å². The highest BCUT2D eigenvalue weighted by atomic mass is 16.5. The van der Waals surface area contributed by atoms with Gasteiger partial charge in [0.1, 0.15) is 39.9 Å². The first-order valence-electron chi connectivity index (χ1n) is 11.8. The minimum absolute atomic E-state index is 0.0226. The Hall–Kier alpha value is -4.46. The predicted octanol–water partition coefficient (Wildman–Crippen LogP) is 3.68. The highest BCUT2D eigenvalue weighted by Gasteiger charge is 2.58. The molecule has 0 saturated carbocycles. The summed E-state index contributed by atoms with van der Waals surface area (Å²) in [5.41, 5.74) is 0.338. The Labute approximate surface area is 212 Å². The van der Waals surface area contributed by atoms with Crippen molar-refractivity contribution in [1.29, 1.82) is 0 Å². The lowest BCUT2D eigenvalue weighted by molar-refractivity contribution is -0.140. The van der Waals surface area contributed by atoms with Gasteiger partial charge in [0, 0.05) is 18.7 Å². The maximum absolute atomic E-state index is 13.5. The zero-order valence-corrected chi connectivity index (χ0v) is 20.8. The molecule has 0 bridgehead atoms. The number of ketones is 3. The minimum Gasteiger partial charge on any atom is -0.507 e. The fraction of sp³-hybridized carbons (Fsp3) is 0.241. The van der Waals surface area contributed by atoms with Gasteiger partial charge >= 0.3 is 0 Å². The van der Waals surface area contributed by atoms with Crippen LogP contribution in [-0.4, -0.2) is 35.5 Å². The zero-order chi connectivity index (χ0) is 26.6. The van der Waals surface area contributed by atoms with Gasteiger partial charge in [-0.3, -0.25) is 19.2 Å². The van der Waals surface area contributed by atoms with Gasteiger partial charge in [-0.05, 0) is 37.1 Å². The number of allylic oxidation sites excluding steroid dienone is 2. The van der Waals surface area contributed by atoms with E-state index < -0.39 is 34.6 Å². The Balaban J connectivity index is 1.58. The SMILES string of the molecule is COc1cc(O)c2c(c1C(=O)NCc1cc(C)cc3ccccc13)OC1=CC(=O)C(C(C)=O)C(=O)[C@]12C. The van der Waals surface area contributed by atoms with Crippen molar-refractivity contribution < 1.29 is 33.8 Å². The summed E-state index contributed by atoms with van der Waals surface area (Å²) in [6.45, 7) is 4.82. The van der Waals surface area contributed by atoms with Gasteiger partial charge in [-0.1, -0.05) is 42.0 Å². The second kappa shape index (κ2) is 8.58. The fourth-order valence-electron chi connectivity index (χ4n) is 5.32. The number of amides is 1. The van der Waals surface area contributed by atoms with E-state index >= 15 is 0 Å². The van der Waals surface area contributed by atoms with Gasteiger partial charge in [0.25, 0.3) is 5.91 Å². The molecule has 0 radical (unpaired) electrons. The van der Waals surface area contributed by atoms with Gasteiger partial charge in [-0.25, -0.2) is 0 Å². The summed E-state index contributed by atoms with van der Waals surface area (Å²) in [5, 5.41) is 15.8. The summed E-state index contributed by atoms with van der Waals surface area (Å²) in [5.74, 6) is -4.49. The minimum atomic E-state index is -1.61. The van der Waals surface area contributed by atoms with E-state index in [0.717, 1.165) is 28.0 Å². The standard InChI is InChI=1S/C29H25NO7/c1-14-9-16-7-5-6-8-18(16)17(10-14)13-30-28(35)24-21(36-4)11-20(33)25-26(24)37-22-12-19(32)23(15(2)31)27(34)29(22,25)3/h5-12,23,33H,13H2,1-4H3,(H,30,35)/t23?,29-/m1/s1. The van der Waals surface area contributed by atoms with Gasteiger partial charge in [0.05, 0.1) is 12.7 Å². The Kier molecular flexibility index (Phi) is 5.62. The highest BCUT2D eigenvalue weighted by Crippen LogP contribution is 2.56. The molecule has 1 aliphatic heterocycles. The number of carbonyl (C=O) groups excluding carboxylic acids is 4. The molecule has 5 rings (SSSR count). The summed E-state index contributed by atoms with van der Waals surface area (Å²) in [6.07, 6.45) is 1.10. The van der Waals surface area contributed by atoms with Crippen molar-refractivity contribution in [2.75, 3.05) is 7.11 Å². The largest absolute Gasteiger partial charge is 0.507 e. The van der Waals surface area contributed by atoms with Gasteiger partial charge in [0.2, 0.25) is 0 Å². The zero-order valence-electron chi connectivity index (χ0n) is 20.8. The lowest BCUT2D eigenvalue weighted by atomic mass is 9.67. The molecule has 1 amide bonds. The van der Waals surface area contributed by atoms with Crippen molar-refractivity contribution in [2.45, 2.75) is 32.7 Å². The molecule has 0 fully saturated rings. The van der Waals surface area contributed by atoms with Crippen LogP contribution in [0.2, 0.25) is 0 Å².